The molecule has 0 radical (unpaired) electrons. The van der Waals surface area contributed by atoms with Crippen LogP contribution >= 0.6 is 67.8 Å². The molecule has 21 heavy (non-hydrogen) atoms. The van der Waals surface area contributed by atoms with Gasteiger partial charge in [0.2, 0.25) is 0 Å². The van der Waals surface area contributed by atoms with Gasteiger partial charge in [-0.3, -0.25) is 0 Å². The van der Waals surface area contributed by atoms with Crippen molar-refractivity contribution in [3.05, 3.63) is 22.8 Å². The van der Waals surface area contributed by atoms with Gasteiger partial charge in [0.1, 0.15) is 11.9 Å². The van der Waals surface area contributed by atoms with Crippen molar-refractivity contribution < 1.29 is 4.74 Å². The van der Waals surface area contributed by atoms with Crippen molar-refractivity contribution in [2.45, 2.75) is 52.2 Å². The zero-order valence-electron chi connectivity index (χ0n) is 12.7. The number of nitrogens with one attached hydrogen (secondary N) is 1. The van der Waals surface area contributed by atoms with Gasteiger partial charge < -0.3 is 10.1 Å². The fourth-order valence-electron chi connectivity index (χ4n) is 3.43. The van der Waals surface area contributed by atoms with E-state index in [1.165, 1.54) is 23.6 Å². The highest BCUT2D eigenvalue weighted by molar-refractivity contribution is 14.1. The summed E-state index contributed by atoms with van der Waals surface area (Å²) in [7, 11) is 0. The Morgan fingerprint density at radius 3 is 2.19 bits per heavy atom. The number of ether oxygens (including phenoxy) is 1. The Balaban J connectivity index is 2.20. The van der Waals surface area contributed by atoms with Crippen LogP contribution in [0.4, 0.5) is 0 Å². The van der Waals surface area contributed by atoms with E-state index < -0.39 is 0 Å². The molecule has 2 atom stereocenters. The first-order chi connectivity index (χ1) is 9.98. The minimum Gasteiger partial charge on any atom is -0.488 e. The summed E-state index contributed by atoms with van der Waals surface area (Å²) in [4.78, 5) is 0. The van der Waals surface area contributed by atoms with Gasteiger partial charge in [-0.15, -0.1) is 0 Å². The largest absolute Gasteiger partial charge is 0.488 e. The fourth-order valence-corrected chi connectivity index (χ4v) is 7.26. The maximum absolute atomic E-state index is 6.48. The molecule has 2 nitrogen and oxygen atoms in total. The molecule has 1 N–H and O–H groups in total. The first-order valence-corrected chi connectivity index (χ1v) is 10.8. The number of hydrogen-bond acceptors (Lipinski definition) is 2. The fraction of sp³-hybridized carbons (Fsp3) is 0.625. The van der Waals surface area contributed by atoms with E-state index in [1.54, 1.807) is 0 Å². The van der Waals surface area contributed by atoms with Gasteiger partial charge >= 0.3 is 0 Å². The van der Waals surface area contributed by atoms with Gasteiger partial charge in [0.25, 0.3) is 0 Å². The molecular formula is C16H22I3NO. The van der Waals surface area contributed by atoms with E-state index in [-0.39, 0.29) is 5.41 Å². The molecule has 2 rings (SSSR count). The van der Waals surface area contributed by atoms with Crippen molar-refractivity contribution in [2.24, 2.45) is 5.41 Å². The number of benzene rings is 1. The molecule has 0 aliphatic heterocycles. The first kappa shape index (κ1) is 18.5. The molecule has 0 aromatic heterocycles. The van der Waals surface area contributed by atoms with Gasteiger partial charge in [-0.05, 0) is 99.3 Å². The summed E-state index contributed by atoms with van der Waals surface area (Å²) >= 11 is 7.15. The molecule has 1 fully saturated rings. The third kappa shape index (κ3) is 3.65. The second-order valence-electron chi connectivity index (χ2n) is 5.59. The maximum atomic E-state index is 6.48. The van der Waals surface area contributed by atoms with Gasteiger partial charge in [-0.1, -0.05) is 20.8 Å². The normalized spacial score (nSPS) is 23.7. The zero-order valence-corrected chi connectivity index (χ0v) is 19.2. The summed E-state index contributed by atoms with van der Waals surface area (Å²) in [6.07, 6.45) is 3.79. The number of hydrogen-bond donors (Lipinski definition) is 1. The van der Waals surface area contributed by atoms with Crippen molar-refractivity contribution in [3.63, 3.8) is 0 Å². The van der Waals surface area contributed by atoms with E-state index in [1.807, 2.05) is 0 Å². The topological polar surface area (TPSA) is 21.3 Å². The SMILES string of the molecule is CCNC1CC(Oc2c(I)cc(I)cc2I)C1(CC)CC. The second kappa shape index (κ2) is 7.83. The lowest BCUT2D eigenvalue weighted by Crippen LogP contribution is -2.64. The van der Waals surface area contributed by atoms with Crippen LogP contribution in [0.15, 0.2) is 12.1 Å². The van der Waals surface area contributed by atoms with Crippen LogP contribution in [-0.2, 0) is 0 Å². The summed E-state index contributed by atoms with van der Waals surface area (Å²) in [6.45, 7) is 7.83. The van der Waals surface area contributed by atoms with Gasteiger partial charge in [0.15, 0.2) is 0 Å². The Hall–Kier alpha value is 1.17. The van der Waals surface area contributed by atoms with Crippen molar-refractivity contribution in [2.75, 3.05) is 6.54 Å². The zero-order chi connectivity index (χ0) is 15.6. The van der Waals surface area contributed by atoms with Crippen LogP contribution in [0.5, 0.6) is 5.75 Å². The van der Waals surface area contributed by atoms with Crippen LogP contribution in [-0.4, -0.2) is 18.7 Å². The van der Waals surface area contributed by atoms with E-state index in [0.29, 0.717) is 12.1 Å². The third-order valence-corrected chi connectivity index (χ3v) is 7.00. The maximum Gasteiger partial charge on any atom is 0.146 e. The van der Waals surface area contributed by atoms with Gasteiger partial charge in [0, 0.05) is 21.4 Å². The number of halogens is 3. The standard InChI is InChI=1S/C16H22I3NO/c1-4-16(5-2)13(20-6-3)9-14(16)21-15-11(18)7-10(17)8-12(15)19/h7-8,13-14,20H,4-6,9H2,1-3H3. The Morgan fingerprint density at radius 1 is 1.14 bits per heavy atom. The minimum absolute atomic E-state index is 0.283. The molecule has 0 bridgehead atoms. The Kier molecular flexibility index (Phi) is 6.90. The van der Waals surface area contributed by atoms with E-state index in [0.717, 1.165) is 18.7 Å². The molecule has 0 spiro atoms. The first-order valence-electron chi connectivity index (χ1n) is 7.53. The van der Waals surface area contributed by atoms with Crippen molar-refractivity contribution >= 4 is 67.8 Å². The van der Waals surface area contributed by atoms with Crippen LogP contribution in [0.2, 0.25) is 0 Å². The monoisotopic (exact) mass is 625 g/mol. The van der Waals surface area contributed by atoms with Gasteiger partial charge in [-0.25, -0.2) is 0 Å². The quantitative estimate of drug-likeness (QED) is 0.426. The average molecular weight is 625 g/mol. The highest BCUT2D eigenvalue weighted by atomic mass is 127. The van der Waals surface area contributed by atoms with E-state index >= 15 is 0 Å². The molecular weight excluding hydrogens is 603 g/mol. The van der Waals surface area contributed by atoms with Crippen LogP contribution in [0.1, 0.15) is 40.0 Å². The van der Waals surface area contributed by atoms with E-state index in [2.05, 4.69) is 106 Å². The molecule has 5 heteroatoms. The highest BCUT2D eigenvalue weighted by Crippen LogP contribution is 2.49. The molecule has 1 aliphatic rings. The summed E-state index contributed by atoms with van der Waals surface area (Å²) in [5.74, 6) is 1.07. The van der Waals surface area contributed by atoms with E-state index in [4.69, 9.17) is 4.74 Å². The van der Waals surface area contributed by atoms with Crippen molar-refractivity contribution in [3.8, 4) is 5.75 Å². The summed E-state index contributed by atoms with van der Waals surface area (Å²) < 4.78 is 10.2. The van der Waals surface area contributed by atoms with Gasteiger partial charge in [0.05, 0.1) is 7.14 Å². The molecule has 0 saturated heterocycles. The molecule has 1 aromatic rings. The molecule has 2 unspecified atom stereocenters. The van der Waals surface area contributed by atoms with Crippen LogP contribution in [0.25, 0.3) is 0 Å². The Labute approximate surface area is 169 Å². The predicted molar refractivity (Wildman–Crippen MR) is 114 cm³/mol. The molecule has 0 heterocycles. The second-order valence-corrected chi connectivity index (χ2v) is 9.16. The molecule has 0 amide bonds. The van der Waals surface area contributed by atoms with Crippen LogP contribution in [0.3, 0.4) is 0 Å². The van der Waals surface area contributed by atoms with Crippen molar-refractivity contribution in [1.82, 2.24) is 5.32 Å². The molecule has 1 saturated carbocycles. The Morgan fingerprint density at radius 2 is 1.71 bits per heavy atom. The summed E-state index contributed by atoms with van der Waals surface area (Å²) in [6, 6.07) is 4.98. The smallest absolute Gasteiger partial charge is 0.146 e. The third-order valence-electron chi connectivity index (χ3n) is 4.78. The van der Waals surface area contributed by atoms with E-state index in [9.17, 15) is 0 Å². The minimum atomic E-state index is 0.283. The highest BCUT2D eigenvalue weighted by Gasteiger charge is 2.54. The van der Waals surface area contributed by atoms with Gasteiger partial charge in [-0.2, -0.15) is 0 Å². The Bertz CT molecular complexity index is 479. The summed E-state index contributed by atoms with van der Waals surface area (Å²) in [5.41, 5.74) is 0.283. The molecule has 1 aromatic carbocycles. The van der Waals surface area contributed by atoms with Crippen molar-refractivity contribution in [1.29, 1.82) is 0 Å². The summed E-state index contributed by atoms with van der Waals surface area (Å²) in [5, 5.41) is 3.64. The van der Waals surface area contributed by atoms with Crippen LogP contribution < -0.4 is 10.1 Å². The molecule has 118 valence electrons. The lowest BCUT2D eigenvalue weighted by Gasteiger charge is -2.55. The predicted octanol–water partition coefficient (Wildman–Crippen LogP) is 5.44. The average Bonchev–Trinajstić information content (AvgIpc) is 2.41. The number of rotatable bonds is 6. The lowest BCUT2D eigenvalue weighted by atomic mass is 9.58. The van der Waals surface area contributed by atoms with Crippen LogP contribution in [0, 0.1) is 16.1 Å². The molecule has 1 aliphatic carbocycles. The lowest BCUT2D eigenvalue weighted by molar-refractivity contribution is -0.0861.